The van der Waals surface area contributed by atoms with Crippen LogP contribution >= 0.6 is 0 Å². The lowest BCUT2D eigenvalue weighted by atomic mass is 10.1. The van der Waals surface area contributed by atoms with E-state index in [2.05, 4.69) is 0 Å². The standard InChI is InChI=1S/C16H26O5/c1-14(17)13-16(19)21-12-10-8-6-4-3-5-7-9-11-20-15(2)18/h7,9H,3-6,8,10-13H2,1-2H3/b9-7+. The summed E-state index contributed by atoms with van der Waals surface area (Å²) >= 11 is 0. The molecule has 0 saturated carbocycles. The zero-order chi connectivity index (χ0) is 15.9. The fourth-order valence-corrected chi connectivity index (χ4v) is 1.69. The first-order valence-electron chi connectivity index (χ1n) is 7.45. The Hall–Kier alpha value is -1.65. The summed E-state index contributed by atoms with van der Waals surface area (Å²) in [7, 11) is 0. The molecule has 0 heterocycles. The molecular formula is C16H26O5. The van der Waals surface area contributed by atoms with E-state index < -0.39 is 5.97 Å². The van der Waals surface area contributed by atoms with Crippen LogP contribution < -0.4 is 0 Å². The number of ether oxygens (including phenoxy) is 2. The third kappa shape index (κ3) is 16.3. The Kier molecular flexibility index (Phi) is 12.3. The fraction of sp³-hybridized carbons (Fsp3) is 0.688. The van der Waals surface area contributed by atoms with Gasteiger partial charge in [0.25, 0.3) is 0 Å². The lowest BCUT2D eigenvalue weighted by Gasteiger charge is -2.03. The van der Waals surface area contributed by atoms with Gasteiger partial charge in [-0.15, -0.1) is 0 Å². The number of hydrogen-bond acceptors (Lipinski definition) is 5. The van der Waals surface area contributed by atoms with E-state index >= 15 is 0 Å². The Morgan fingerprint density at radius 1 is 0.857 bits per heavy atom. The molecule has 0 aliphatic rings. The Balaban J connectivity index is 3.24. The number of esters is 2. The first-order chi connectivity index (χ1) is 10.0. The average Bonchev–Trinajstić information content (AvgIpc) is 2.38. The minimum Gasteiger partial charge on any atom is -0.465 e. The Labute approximate surface area is 126 Å². The van der Waals surface area contributed by atoms with E-state index in [0.29, 0.717) is 13.2 Å². The van der Waals surface area contributed by atoms with Crippen molar-refractivity contribution >= 4 is 17.7 Å². The first kappa shape index (κ1) is 19.4. The van der Waals surface area contributed by atoms with Crippen LogP contribution in [0.2, 0.25) is 0 Å². The molecular weight excluding hydrogens is 272 g/mol. The number of rotatable bonds is 12. The van der Waals surface area contributed by atoms with Crippen molar-refractivity contribution in [1.82, 2.24) is 0 Å². The van der Waals surface area contributed by atoms with Crippen molar-refractivity contribution in [3.63, 3.8) is 0 Å². The smallest absolute Gasteiger partial charge is 0.313 e. The average molecular weight is 298 g/mol. The second-order valence-electron chi connectivity index (χ2n) is 4.93. The first-order valence-corrected chi connectivity index (χ1v) is 7.45. The highest BCUT2D eigenvalue weighted by Gasteiger charge is 2.05. The largest absolute Gasteiger partial charge is 0.465 e. The highest BCUT2D eigenvalue weighted by atomic mass is 16.5. The van der Waals surface area contributed by atoms with Gasteiger partial charge in [-0.3, -0.25) is 14.4 Å². The maximum absolute atomic E-state index is 11.1. The molecule has 21 heavy (non-hydrogen) atoms. The van der Waals surface area contributed by atoms with E-state index in [-0.39, 0.29) is 18.2 Å². The van der Waals surface area contributed by atoms with E-state index in [1.165, 1.54) is 13.8 Å². The van der Waals surface area contributed by atoms with Crippen LogP contribution in [-0.2, 0) is 23.9 Å². The van der Waals surface area contributed by atoms with Crippen molar-refractivity contribution in [1.29, 1.82) is 0 Å². The number of ketones is 1. The van der Waals surface area contributed by atoms with E-state index in [4.69, 9.17) is 9.47 Å². The molecule has 0 aromatic carbocycles. The molecule has 0 fully saturated rings. The molecule has 5 heteroatoms. The van der Waals surface area contributed by atoms with Crippen LogP contribution in [0.25, 0.3) is 0 Å². The molecule has 0 unspecified atom stereocenters. The molecule has 0 bridgehead atoms. The van der Waals surface area contributed by atoms with Gasteiger partial charge in [0, 0.05) is 6.92 Å². The number of carbonyl (C=O) groups is 3. The second kappa shape index (κ2) is 13.3. The Morgan fingerprint density at radius 2 is 1.52 bits per heavy atom. The van der Waals surface area contributed by atoms with E-state index in [1.54, 1.807) is 0 Å². The highest BCUT2D eigenvalue weighted by Crippen LogP contribution is 2.06. The fourth-order valence-electron chi connectivity index (χ4n) is 1.69. The summed E-state index contributed by atoms with van der Waals surface area (Å²) in [5.41, 5.74) is 0. The van der Waals surface area contributed by atoms with Crippen LogP contribution in [0.1, 0.15) is 58.8 Å². The van der Waals surface area contributed by atoms with Crippen LogP contribution in [0.5, 0.6) is 0 Å². The molecule has 5 nitrogen and oxygen atoms in total. The van der Waals surface area contributed by atoms with Gasteiger partial charge < -0.3 is 9.47 Å². The molecule has 0 aromatic rings. The number of Topliss-reactive ketones (excluding diaryl/α,β-unsaturated/α-hetero) is 1. The molecule has 0 N–H and O–H groups in total. The van der Waals surface area contributed by atoms with Crippen molar-refractivity contribution in [2.75, 3.05) is 13.2 Å². The second-order valence-corrected chi connectivity index (χ2v) is 4.93. The van der Waals surface area contributed by atoms with Gasteiger partial charge in [-0.25, -0.2) is 0 Å². The predicted molar refractivity (Wildman–Crippen MR) is 79.7 cm³/mol. The lowest BCUT2D eigenvalue weighted by molar-refractivity contribution is -0.146. The molecule has 0 aromatic heterocycles. The molecule has 0 amide bonds. The van der Waals surface area contributed by atoms with Gasteiger partial charge in [0.1, 0.15) is 18.8 Å². The number of carbonyl (C=O) groups excluding carboxylic acids is 3. The molecule has 120 valence electrons. The van der Waals surface area contributed by atoms with Crippen molar-refractivity contribution in [3.05, 3.63) is 12.2 Å². The summed E-state index contributed by atoms with van der Waals surface area (Å²) in [4.78, 5) is 32.2. The summed E-state index contributed by atoms with van der Waals surface area (Å²) in [5.74, 6) is -0.856. The molecule has 0 rings (SSSR count). The molecule has 0 atom stereocenters. The molecule has 0 saturated heterocycles. The maximum Gasteiger partial charge on any atom is 0.313 e. The van der Waals surface area contributed by atoms with Crippen LogP contribution in [0, 0.1) is 0 Å². The third-order valence-corrected chi connectivity index (χ3v) is 2.72. The van der Waals surface area contributed by atoms with Crippen LogP contribution in [0.4, 0.5) is 0 Å². The predicted octanol–water partition coefficient (Wildman–Crippen LogP) is 2.97. The van der Waals surface area contributed by atoms with Gasteiger partial charge in [0.05, 0.1) is 6.61 Å². The molecule has 0 radical (unpaired) electrons. The van der Waals surface area contributed by atoms with Gasteiger partial charge in [0.2, 0.25) is 0 Å². The zero-order valence-corrected chi connectivity index (χ0v) is 13.1. The number of unbranched alkanes of at least 4 members (excludes halogenated alkanes) is 5. The van der Waals surface area contributed by atoms with Crippen molar-refractivity contribution in [3.8, 4) is 0 Å². The Morgan fingerprint density at radius 3 is 2.19 bits per heavy atom. The minimum absolute atomic E-state index is 0.125. The Bertz CT molecular complexity index is 347. The summed E-state index contributed by atoms with van der Waals surface area (Å²) in [6.07, 6.45) is 9.91. The SMILES string of the molecule is CC(=O)CC(=O)OCCCCCCC/C=C/COC(C)=O. The van der Waals surface area contributed by atoms with Crippen molar-refractivity contribution in [2.45, 2.75) is 58.8 Å². The van der Waals surface area contributed by atoms with E-state index in [0.717, 1.165) is 38.5 Å². The van der Waals surface area contributed by atoms with Gasteiger partial charge in [-0.1, -0.05) is 31.4 Å². The van der Waals surface area contributed by atoms with Gasteiger partial charge >= 0.3 is 11.9 Å². The number of allylic oxidation sites excluding steroid dienone is 1. The maximum atomic E-state index is 11.1. The topological polar surface area (TPSA) is 69.7 Å². The summed E-state index contributed by atoms with van der Waals surface area (Å²) < 4.78 is 9.70. The quantitative estimate of drug-likeness (QED) is 0.240. The monoisotopic (exact) mass is 298 g/mol. The summed E-state index contributed by atoms with van der Waals surface area (Å²) in [6, 6.07) is 0. The van der Waals surface area contributed by atoms with Gasteiger partial charge in [-0.2, -0.15) is 0 Å². The van der Waals surface area contributed by atoms with Crippen molar-refractivity contribution < 1.29 is 23.9 Å². The van der Waals surface area contributed by atoms with Crippen LogP contribution in [0.15, 0.2) is 12.2 Å². The minimum atomic E-state index is -0.430. The summed E-state index contributed by atoms with van der Waals surface area (Å²) in [6.45, 7) is 3.52. The molecule has 0 spiro atoms. The zero-order valence-electron chi connectivity index (χ0n) is 13.1. The molecule has 0 aliphatic carbocycles. The number of hydrogen-bond donors (Lipinski definition) is 0. The van der Waals surface area contributed by atoms with E-state index in [1.807, 2.05) is 12.2 Å². The van der Waals surface area contributed by atoms with Crippen LogP contribution in [0.3, 0.4) is 0 Å². The van der Waals surface area contributed by atoms with Crippen molar-refractivity contribution in [2.24, 2.45) is 0 Å². The van der Waals surface area contributed by atoms with E-state index in [9.17, 15) is 14.4 Å². The van der Waals surface area contributed by atoms with Gasteiger partial charge in [0.15, 0.2) is 0 Å². The third-order valence-electron chi connectivity index (χ3n) is 2.72. The lowest BCUT2D eigenvalue weighted by Crippen LogP contribution is -2.09. The molecule has 0 aliphatic heterocycles. The summed E-state index contributed by atoms with van der Waals surface area (Å²) in [5, 5.41) is 0. The van der Waals surface area contributed by atoms with Gasteiger partial charge in [-0.05, 0) is 26.2 Å². The van der Waals surface area contributed by atoms with Crippen LogP contribution in [-0.4, -0.2) is 30.9 Å². The normalized spacial score (nSPS) is 10.6. The highest BCUT2D eigenvalue weighted by molar-refractivity contribution is 5.94.